The van der Waals surface area contributed by atoms with Crippen LogP contribution in [0.15, 0.2) is 35.2 Å². The average molecular weight is 225 g/mol. The monoisotopic (exact) mass is 225 g/mol. The van der Waals surface area contributed by atoms with Crippen LogP contribution in [0.1, 0.15) is 6.42 Å². The SMILES string of the molecule is O=C(CCSc1ccccc1)NCCO. The van der Waals surface area contributed by atoms with Gasteiger partial charge < -0.3 is 10.4 Å². The molecule has 1 rings (SSSR count). The highest BCUT2D eigenvalue weighted by Gasteiger charge is 2.00. The maximum Gasteiger partial charge on any atom is 0.220 e. The topological polar surface area (TPSA) is 49.3 Å². The summed E-state index contributed by atoms with van der Waals surface area (Å²) in [5, 5.41) is 11.1. The van der Waals surface area contributed by atoms with Crippen LogP contribution in [0.2, 0.25) is 0 Å². The molecule has 82 valence electrons. The standard InChI is InChI=1S/C11H15NO2S/c13-8-7-12-11(14)6-9-15-10-4-2-1-3-5-10/h1-5,13H,6-9H2,(H,12,14). The van der Waals surface area contributed by atoms with E-state index in [-0.39, 0.29) is 12.5 Å². The van der Waals surface area contributed by atoms with Crippen molar-refractivity contribution in [2.45, 2.75) is 11.3 Å². The molecule has 1 aromatic carbocycles. The maximum absolute atomic E-state index is 11.2. The first kappa shape index (κ1) is 12.1. The van der Waals surface area contributed by atoms with E-state index in [1.807, 2.05) is 30.3 Å². The lowest BCUT2D eigenvalue weighted by atomic mass is 10.4. The van der Waals surface area contributed by atoms with Crippen LogP contribution in [0.25, 0.3) is 0 Å². The quantitative estimate of drug-likeness (QED) is 0.717. The van der Waals surface area contributed by atoms with Crippen molar-refractivity contribution in [2.24, 2.45) is 0 Å². The van der Waals surface area contributed by atoms with Crippen LogP contribution in [0.4, 0.5) is 0 Å². The summed E-state index contributed by atoms with van der Waals surface area (Å²) in [5.41, 5.74) is 0. The molecule has 0 heterocycles. The van der Waals surface area contributed by atoms with Crippen molar-refractivity contribution in [3.63, 3.8) is 0 Å². The number of hydrogen-bond donors (Lipinski definition) is 2. The third-order valence-corrected chi connectivity index (χ3v) is 2.79. The van der Waals surface area contributed by atoms with Gasteiger partial charge in [-0.2, -0.15) is 0 Å². The van der Waals surface area contributed by atoms with Gasteiger partial charge in [-0.3, -0.25) is 4.79 Å². The minimum Gasteiger partial charge on any atom is -0.395 e. The molecule has 4 heteroatoms. The molecule has 1 amide bonds. The van der Waals surface area contributed by atoms with E-state index in [0.29, 0.717) is 13.0 Å². The number of thioether (sulfide) groups is 1. The second-order valence-corrected chi connectivity index (χ2v) is 4.15. The fraction of sp³-hybridized carbons (Fsp3) is 0.364. The van der Waals surface area contributed by atoms with Gasteiger partial charge in [0, 0.05) is 23.6 Å². The number of aliphatic hydroxyl groups excluding tert-OH is 1. The molecule has 0 saturated carbocycles. The summed E-state index contributed by atoms with van der Waals surface area (Å²) >= 11 is 1.66. The van der Waals surface area contributed by atoms with Gasteiger partial charge in [0.1, 0.15) is 0 Å². The summed E-state index contributed by atoms with van der Waals surface area (Å²) in [4.78, 5) is 12.3. The van der Waals surface area contributed by atoms with Crippen molar-refractivity contribution < 1.29 is 9.90 Å². The van der Waals surface area contributed by atoms with E-state index in [9.17, 15) is 4.79 Å². The molecule has 0 radical (unpaired) electrons. The van der Waals surface area contributed by atoms with Crippen LogP contribution in [-0.4, -0.2) is 29.9 Å². The number of amides is 1. The zero-order valence-corrected chi connectivity index (χ0v) is 9.30. The third kappa shape index (κ3) is 5.44. The molecule has 0 aliphatic carbocycles. The highest BCUT2D eigenvalue weighted by atomic mass is 32.2. The molecule has 0 spiro atoms. The van der Waals surface area contributed by atoms with Gasteiger partial charge in [-0.15, -0.1) is 11.8 Å². The van der Waals surface area contributed by atoms with Gasteiger partial charge in [0.15, 0.2) is 0 Å². The van der Waals surface area contributed by atoms with Gasteiger partial charge in [-0.05, 0) is 12.1 Å². The van der Waals surface area contributed by atoms with Crippen LogP contribution < -0.4 is 5.32 Å². The van der Waals surface area contributed by atoms with Gasteiger partial charge in [0.25, 0.3) is 0 Å². The minimum absolute atomic E-state index is 0.00241. The molecular formula is C11H15NO2S. The highest BCUT2D eigenvalue weighted by Crippen LogP contribution is 2.17. The molecule has 0 aliphatic heterocycles. The molecule has 15 heavy (non-hydrogen) atoms. The second-order valence-electron chi connectivity index (χ2n) is 2.99. The Morgan fingerprint density at radius 3 is 2.73 bits per heavy atom. The Balaban J connectivity index is 2.14. The molecule has 0 aliphatic rings. The van der Waals surface area contributed by atoms with Crippen LogP contribution in [0.3, 0.4) is 0 Å². The van der Waals surface area contributed by atoms with Gasteiger partial charge in [-0.1, -0.05) is 18.2 Å². The predicted octanol–water partition coefficient (Wildman–Crippen LogP) is 1.28. The number of aliphatic hydroxyl groups is 1. The van der Waals surface area contributed by atoms with Crippen LogP contribution in [0, 0.1) is 0 Å². The van der Waals surface area contributed by atoms with Gasteiger partial charge >= 0.3 is 0 Å². The molecule has 2 N–H and O–H groups in total. The fourth-order valence-corrected chi connectivity index (χ4v) is 1.93. The maximum atomic E-state index is 11.2. The summed E-state index contributed by atoms with van der Waals surface area (Å²) in [6.07, 6.45) is 0.486. The molecule has 0 fully saturated rings. The molecule has 0 saturated heterocycles. The number of hydrogen-bond acceptors (Lipinski definition) is 3. The van der Waals surface area contributed by atoms with Crippen molar-refractivity contribution in [2.75, 3.05) is 18.9 Å². The Kier molecular flexibility index (Phi) is 5.88. The number of carbonyl (C=O) groups excluding carboxylic acids is 1. The summed E-state index contributed by atoms with van der Waals surface area (Å²) in [5.74, 6) is 0.758. The molecule has 0 unspecified atom stereocenters. The highest BCUT2D eigenvalue weighted by molar-refractivity contribution is 7.99. The van der Waals surface area contributed by atoms with Crippen LogP contribution >= 0.6 is 11.8 Å². The zero-order valence-electron chi connectivity index (χ0n) is 8.48. The van der Waals surface area contributed by atoms with E-state index < -0.39 is 0 Å². The number of benzene rings is 1. The first-order chi connectivity index (χ1) is 7.33. The largest absolute Gasteiger partial charge is 0.395 e. The lowest BCUT2D eigenvalue weighted by Gasteiger charge is -2.02. The summed E-state index contributed by atoms with van der Waals surface area (Å²) in [7, 11) is 0. The minimum atomic E-state index is -0.00696. The van der Waals surface area contributed by atoms with Crippen molar-refractivity contribution >= 4 is 17.7 Å². The molecule has 0 bridgehead atoms. The average Bonchev–Trinajstić information content (AvgIpc) is 2.28. The first-order valence-electron chi connectivity index (χ1n) is 4.88. The summed E-state index contributed by atoms with van der Waals surface area (Å²) < 4.78 is 0. The second kappa shape index (κ2) is 7.31. The van der Waals surface area contributed by atoms with Crippen molar-refractivity contribution in [1.82, 2.24) is 5.32 Å². The summed E-state index contributed by atoms with van der Waals surface area (Å²) in [6, 6.07) is 9.98. The van der Waals surface area contributed by atoms with E-state index in [1.165, 1.54) is 4.90 Å². The Morgan fingerprint density at radius 2 is 2.07 bits per heavy atom. The Bertz CT molecular complexity index is 290. The Labute approximate surface area is 93.9 Å². The molecule has 0 aromatic heterocycles. The number of carbonyl (C=O) groups is 1. The third-order valence-electron chi connectivity index (χ3n) is 1.78. The van der Waals surface area contributed by atoms with E-state index >= 15 is 0 Å². The predicted molar refractivity (Wildman–Crippen MR) is 61.9 cm³/mol. The number of rotatable bonds is 6. The molecule has 0 atom stereocenters. The van der Waals surface area contributed by atoms with E-state index in [0.717, 1.165) is 5.75 Å². The van der Waals surface area contributed by atoms with Crippen molar-refractivity contribution in [1.29, 1.82) is 0 Å². The smallest absolute Gasteiger partial charge is 0.220 e. The van der Waals surface area contributed by atoms with Gasteiger partial charge in [0.05, 0.1) is 6.61 Å². The van der Waals surface area contributed by atoms with Crippen molar-refractivity contribution in [3.05, 3.63) is 30.3 Å². The Hall–Kier alpha value is -1.00. The molecule has 1 aromatic rings. The first-order valence-corrected chi connectivity index (χ1v) is 5.87. The van der Waals surface area contributed by atoms with E-state index in [4.69, 9.17) is 5.11 Å². The fourth-order valence-electron chi connectivity index (χ4n) is 1.06. The van der Waals surface area contributed by atoms with E-state index in [1.54, 1.807) is 11.8 Å². The van der Waals surface area contributed by atoms with E-state index in [2.05, 4.69) is 5.32 Å². The zero-order chi connectivity index (χ0) is 10.9. The van der Waals surface area contributed by atoms with Crippen molar-refractivity contribution in [3.8, 4) is 0 Å². The lowest BCUT2D eigenvalue weighted by Crippen LogP contribution is -2.26. The normalized spacial score (nSPS) is 9.93. The Morgan fingerprint density at radius 1 is 1.33 bits per heavy atom. The summed E-state index contributed by atoms with van der Waals surface area (Å²) in [6.45, 7) is 0.340. The number of nitrogens with one attached hydrogen (secondary N) is 1. The molecular weight excluding hydrogens is 210 g/mol. The van der Waals surface area contributed by atoms with Gasteiger partial charge in [0.2, 0.25) is 5.91 Å². The van der Waals surface area contributed by atoms with Gasteiger partial charge in [-0.25, -0.2) is 0 Å². The molecule has 3 nitrogen and oxygen atoms in total. The van der Waals surface area contributed by atoms with Crippen LogP contribution in [0.5, 0.6) is 0 Å². The van der Waals surface area contributed by atoms with Crippen LogP contribution in [-0.2, 0) is 4.79 Å². The lowest BCUT2D eigenvalue weighted by molar-refractivity contribution is -0.120.